The van der Waals surface area contributed by atoms with Crippen LogP contribution in [0.3, 0.4) is 0 Å². The minimum absolute atomic E-state index is 1.06. The predicted molar refractivity (Wildman–Crippen MR) is 73.3 cm³/mol. The van der Waals surface area contributed by atoms with E-state index < -0.39 is 0 Å². The Morgan fingerprint density at radius 3 is 2.13 bits per heavy atom. The van der Waals surface area contributed by atoms with Gasteiger partial charge in [-0.2, -0.15) is 0 Å². The Kier molecular flexibility index (Phi) is 13.6. The highest BCUT2D eigenvalue weighted by atomic mass is 79.9. The maximum Gasteiger partial charge on any atom is 0.00922 e. The zero-order valence-electron chi connectivity index (χ0n) is 9.90. The van der Waals surface area contributed by atoms with E-state index in [0.717, 1.165) is 11.8 Å². The first-order valence-electron chi connectivity index (χ1n) is 6.07. The number of hydrogen-bond acceptors (Lipinski definition) is 0. The summed E-state index contributed by atoms with van der Waals surface area (Å²) >= 11 is 3.45. The molecule has 0 radical (unpaired) electrons. The zero-order valence-corrected chi connectivity index (χ0v) is 11.5. The molecule has 0 N–H and O–H groups in total. The van der Waals surface area contributed by atoms with E-state index >= 15 is 0 Å². The largest absolute Gasteiger partial charge is 0.0985 e. The van der Waals surface area contributed by atoms with Gasteiger partial charge in [0.15, 0.2) is 0 Å². The molecule has 0 aliphatic carbocycles. The minimum atomic E-state index is 1.06. The van der Waals surface area contributed by atoms with E-state index in [1.54, 1.807) is 0 Å². The molecule has 0 aromatic carbocycles. The van der Waals surface area contributed by atoms with Crippen LogP contribution in [0.25, 0.3) is 0 Å². The van der Waals surface area contributed by atoms with E-state index in [1.807, 2.05) is 19.1 Å². The quantitative estimate of drug-likeness (QED) is 0.328. The highest BCUT2D eigenvalue weighted by Gasteiger charge is 1.90. The normalized spacial score (nSPS) is 10.3. The van der Waals surface area contributed by atoms with Crippen molar-refractivity contribution in [2.45, 2.75) is 58.3 Å². The highest BCUT2D eigenvalue weighted by Crippen LogP contribution is 2.08. The molecule has 86 valence electrons. The van der Waals surface area contributed by atoms with Gasteiger partial charge in [-0.15, -0.1) is 0 Å². The number of allylic oxidation sites excluding steroid dienone is 2. The average molecular weight is 271 g/mol. The van der Waals surface area contributed by atoms with Crippen LogP contribution in [-0.2, 0) is 0 Å². The first-order chi connectivity index (χ1) is 7.41. The van der Waals surface area contributed by atoms with Crippen LogP contribution in [0.2, 0.25) is 0 Å². The molecule has 0 saturated heterocycles. The molecule has 0 aliphatic rings. The summed E-state index contributed by atoms with van der Waals surface area (Å²) < 4.78 is 0. The fourth-order valence-corrected chi connectivity index (χ4v) is 1.80. The smallest absolute Gasteiger partial charge is 0.00922 e. The topological polar surface area (TPSA) is 0 Å². The van der Waals surface area contributed by atoms with Gasteiger partial charge in [-0.05, 0) is 25.8 Å². The summed E-state index contributed by atoms with van der Waals surface area (Å²) in [5.74, 6) is 6.17. The van der Waals surface area contributed by atoms with Gasteiger partial charge in [-0.25, -0.2) is 0 Å². The molecular formula is C14H23Br. The lowest BCUT2D eigenvalue weighted by atomic mass is 10.1. The molecule has 0 saturated carbocycles. The van der Waals surface area contributed by atoms with Gasteiger partial charge < -0.3 is 0 Å². The Bertz CT molecular complexity index is 195. The molecule has 0 aromatic rings. The molecule has 0 atom stereocenters. The second-order valence-electron chi connectivity index (χ2n) is 3.73. The summed E-state index contributed by atoms with van der Waals surface area (Å²) in [4.78, 5) is 0. The monoisotopic (exact) mass is 270 g/mol. The lowest BCUT2D eigenvalue weighted by molar-refractivity contribution is 0.596. The molecule has 0 fully saturated rings. The van der Waals surface area contributed by atoms with Crippen LogP contribution in [0.15, 0.2) is 12.2 Å². The van der Waals surface area contributed by atoms with Crippen LogP contribution in [0.4, 0.5) is 0 Å². The lowest BCUT2D eigenvalue weighted by Crippen LogP contribution is -1.80. The van der Waals surface area contributed by atoms with Crippen molar-refractivity contribution in [1.29, 1.82) is 0 Å². The first kappa shape index (κ1) is 14.8. The fourth-order valence-electron chi connectivity index (χ4n) is 1.41. The molecule has 0 unspecified atom stereocenters. The third-order valence-electron chi connectivity index (χ3n) is 2.29. The van der Waals surface area contributed by atoms with Crippen molar-refractivity contribution in [3.8, 4) is 11.8 Å². The zero-order chi connectivity index (χ0) is 11.2. The van der Waals surface area contributed by atoms with Crippen LogP contribution in [0.1, 0.15) is 58.3 Å². The maximum atomic E-state index is 3.45. The molecular weight excluding hydrogens is 248 g/mol. The van der Waals surface area contributed by atoms with Crippen LogP contribution in [0, 0.1) is 11.8 Å². The van der Waals surface area contributed by atoms with Crippen molar-refractivity contribution >= 4 is 15.9 Å². The van der Waals surface area contributed by atoms with E-state index in [0.29, 0.717) is 0 Å². The van der Waals surface area contributed by atoms with Crippen molar-refractivity contribution in [1.82, 2.24) is 0 Å². The first-order valence-corrected chi connectivity index (χ1v) is 7.19. The van der Waals surface area contributed by atoms with E-state index in [2.05, 4.69) is 27.8 Å². The molecule has 1 heteroatoms. The number of halogens is 1. The molecule has 0 aliphatic heterocycles. The van der Waals surface area contributed by atoms with Crippen molar-refractivity contribution in [3.05, 3.63) is 12.2 Å². The Labute approximate surface area is 104 Å². The standard InChI is InChI=1S/C14H23Br/c1-2-3-4-5-6-7-8-9-10-11-12-13-14-15/h2-3H,6-14H2,1H3. The third-order valence-corrected chi connectivity index (χ3v) is 2.85. The number of rotatable bonds is 8. The second kappa shape index (κ2) is 13.8. The van der Waals surface area contributed by atoms with Crippen molar-refractivity contribution in [2.75, 3.05) is 5.33 Å². The van der Waals surface area contributed by atoms with Gasteiger partial charge in [-0.1, -0.05) is 66.0 Å². The molecule has 0 bridgehead atoms. The Morgan fingerprint density at radius 2 is 1.53 bits per heavy atom. The molecule has 0 aromatic heterocycles. The molecule has 0 spiro atoms. The summed E-state index contributed by atoms with van der Waals surface area (Å²) in [7, 11) is 0. The number of unbranched alkanes of at least 4 members (excludes halogenated alkanes) is 7. The summed E-state index contributed by atoms with van der Waals surface area (Å²) in [5.41, 5.74) is 0. The fraction of sp³-hybridized carbons (Fsp3) is 0.714. The Balaban J connectivity index is 3.02. The molecule has 15 heavy (non-hydrogen) atoms. The van der Waals surface area contributed by atoms with Crippen LogP contribution >= 0.6 is 15.9 Å². The van der Waals surface area contributed by atoms with Crippen LogP contribution in [-0.4, -0.2) is 5.33 Å². The van der Waals surface area contributed by atoms with Gasteiger partial charge >= 0.3 is 0 Å². The number of hydrogen-bond donors (Lipinski definition) is 0. The molecule has 0 nitrogen and oxygen atoms in total. The lowest BCUT2D eigenvalue weighted by Gasteiger charge is -1.98. The highest BCUT2D eigenvalue weighted by molar-refractivity contribution is 9.09. The summed E-state index contributed by atoms with van der Waals surface area (Å²) in [5, 5.41) is 1.16. The van der Waals surface area contributed by atoms with Crippen molar-refractivity contribution in [3.63, 3.8) is 0 Å². The van der Waals surface area contributed by atoms with Crippen LogP contribution < -0.4 is 0 Å². The summed E-state index contributed by atoms with van der Waals surface area (Å²) in [6.45, 7) is 2.00. The van der Waals surface area contributed by atoms with Crippen molar-refractivity contribution < 1.29 is 0 Å². The van der Waals surface area contributed by atoms with Gasteiger partial charge in [0.05, 0.1) is 0 Å². The summed E-state index contributed by atoms with van der Waals surface area (Å²) in [6, 6.07) is 0. The van der Waals surface area contributed by atoms with Gasteiger partial charge in [0.2, 0.25) is 0 Å². The van der Waals surface area contributed by atoms with E-state index in [1.165, 1.54) is 44.9 Å². The van der Waals surface area contributed by atoms with Crippen molar-refractivity contribution in [2.24, 2.45) is 0 Å². The molecule has 0 rings (SSSR count). The van der Waals surface area contributed by atoms with Gasteiger partial charge in [0.25, 0.3) is 0 Å². The third kappa shape index (κ3) is 13.8. The Hall–Kier alpha value is -0.220. The van der Waals surface area contributed by atoms with E-state index in [-0.39, 0.29) is 0 Å². The summed E-state index contributed by atoms with van der Waals surface area (Å²) in [6.07, 6.45) is 14.5. The SMILES string of the molecule is CC=CC#CCCCCCCCCCBr. The number of alkyl halides is 1. The van der Waals surface area contributed by atoms with Crippen LogP contribution in [0.5, 0.6) is 0 Å². The molecule has 0 amide bonds. The minimum Gasteiger partial charge on any atom is -0.0985 e. The van der Waals surface area contributed by atoms with Gasteiger partial charge in [0.1, 0.15) is 0 Å². The van der Waals surface area contributed by atoms with E-state index in [9.17, 15) is 0 Å². The predicted octanol–water partition coefficient (Wildman–Crippen LogP) is 5.08. The molecule has 0 heterocycles. The van der Waals surface area contributed by atoms with Gasteiger partial charge in [-0.3, -0.25) is 0 Å². The average Bonchev–Trinajstić information content (AvgIpc) is 2.26. The Morgan fingerprint density at radius 1 is 0.933 bits per heavy atom. The second-order valence-corrected chi connectivity index (χ2v) is 4.53. The maximum absolute atomic E-state index is 3.45. The van der Waals surface area contributed by atoms with E-state index in [4.69, 9.17) is 0 Å². The van der Waals surface area contributed by atoms with Gasteiger partial charge in [0, 0.05) is 11.8 Å².